The van der Waals surface area contributed by atoms with Crippen molar-refractivity contribution in [3.63, 3.8) is 0 Å². The molecule has 0 aliphatic rings. The largest absolute Gasteiger partial charge is 0.275 e. The van der Waals surface area contributed by atoms with E-state index in [-0.39, 0.29) is 5.91 Å². The van der Waals surface area contributed by atoms with Gasteiger partial charge in [0.2, 0.25) is 0 Å². The molecule has 0 unspecified atom stereocenters. The van der Waals surface area contributed by atoms with E-state index in [9.17, 15) is 4.79 Å². The maximum atomic E-state index is 11.8. The van der Waals surface area contributed by atoms with E-state index >= 15 is 0 Å². The van der Waals surface area contributed by atoms with E-state index < -0.39 is 5.60 Å². The van der Waals surface area contributed by atoms with E-state index in [2.05, 4.69) is 5.48 Å². The summed E-state index contributed by atoms with van der Waals surface area (Å²) in [6.45, 7) is 7.38. The van der Waals surface area contributed by atoms with Gasteiger partial charge in [0, 0.05) is 10.6 Å². The summed E-state index contributed by atoms with van der Waals surface area (Å²) in [5, 5.41) is 0.573. The summed E-state index contributed by atoms with van der Waals surface area (Å²) >= 11 is 5.93. The van der Waals surface area contributed by atoms with Crippen molar-refractivity contribution in [3.05, 3.63) is 34.3 Å². The van der Waals surface area contributed by atoms with Gasteiger partial charge >= 0.3 is 0 Å². The molecular weight excluding hydrogens is 226 g/mol. The van der Waals surface area contributed by atoms with Gasteiger partial charge in [-0.25, -0.2) is 5.48 Å². The molecule has 3 nitrogen and oxygen atoms in total. The highest BCUT2D eigenvalue weighted by atomic mass is 35.5. The average Bonchev–Trinajstić information content (AvgIpc) is 2.17. The highest BCUT2D eigenvalue weighted by Crippen LogP contribution is 2.18. The van der Waals surface area contributed by atoms with Crippen LogP contribution in [0.5, 0.6) is 0 Å². The lowest BCUT2D eigenvalue weighted by molar-refractivity contribution is -0.0590. The third-order valence-electron chi connectivity index (χ3n) is 1.96. The molecule has 1 amide bonds. The van der Waals surface area contributed by atoms with Crippen molar-refractivity contribution in [1.82, 2.24) is 5.48 Å². The summed E-state index contributed by atoms with van der Waals surface area (Å²) in [5.41, 5.74) is 3.27. The highest BCUT2D eigenvalue weighted by Gasteiger charge is 2.15. The third-order valence-corrected chi connectivity index (χ3v) is 2.37. The molecule has 0 aromatic heterocycles. The maximum Gasteiger partial charge on any atom is 0.275 e. The zero-order valence-electron chi connectivity index (χ0n) is 9.93. The number of benzene rings is 1. The normalized spacial score (nSPS) is 11.3. The molecule has 0 atom stereocenters. The van der Waals surface area contributed by atoms with Crippen molar-refractivity contribution in [3.8, 4) is 0 Å². The Morgan fingerprint density at radius 3 is 2.56 bits per heavy atom. The van der Waals surface area contributed by atoms with Gasteiger partial charge in [-0.05, 0) is 45.4 Å². The van der Waals surface area contributed by atoms with Gasteiger partial charge in [-0.3, -0.25) is 9.63 Å². The predicted octanol–water partition coefficient (Wildman–Crippen LogP) is 3.11. The summed E-state index contributed by atoms with van der Waals surface area (Å²) in [6.07, 6.45) is 0. The Morgan fingerprint density at radius 2 is 2.00 bits per heavy atom. The van der Waals surface area contributed by atoms with Gasteiger partial charge in [0.05, 0.1) is 5.60 Å². The van der Waals surface area contributed by atoms with Gasteiger partial charge in [-0.15, -0.1) is 0 Å². The monoisotopic (exact) mass is 241 g/mol. The minimum absolute atomic E-state index is 0.282. The van der Waals surface area contributed by atoms with Crippen LogP contribution in [0.1, 0.15) is 36.7 Å². The fourth-order valence-corrected chi connectivity index (χ4v) is 1.28. The lowest BCUT2D eigenvalue weighted by atomic mass is 10.1. The minimum atomic E-state index is -0.415. The second-order valence-electron chi connectivity index (χ2n) is 4.56. The first-order valence-corrected chi connectivity index (χ1v) is 5.42. The van der Waals surface area contributed by atoms with Crippen LogP contribution in [0, 0.1) is 6.92 Å². The number of rotatable bonds is 2. The first-order chi connectivity index (χ1) is 7.31. The summed E-state index contributed by atoms with van der Waals surface area (Å²) in [4.78, 5) is 17.0. The molecule has 4 heteroatoms. The molecule has 1 aromatic rings. The van der Waals surface area contributed by atoms with Crippen LogP contribution in [-0.2, 0) is 4.84 Å². The topological polar surface area (TPSA) is 38.3 Å². The van der Waals surface area contributed by atoms with Gasteiger partial charge in [0.25, 0.3) is 5.91 Å². The van der Waals surface area contributed by atoms with Gasteiger partial charge < -0.3 is 0 Å². The van der Waals surface area contributed by atoms with E-state index in [1.165, 1.54) is 0 Å². The van der Waals surface area contributed by atoms with Crippen LogP contribution in [0.15, 0.2) is 18.2 Å². The number of hydrogen-bond acceptors (Lipinski definition) is 2. The lowest BCUT2D eigenvalue weighted by Crippen LogP contribution is -2.33. The van der Waals surface area contributed by atoms with E-state index in [0.29, 0.717) is 10.6 Å². The van der Waals surface area contributed by atoms with Crippen molar-refractivity contribution in [2.24, 2.45) is 0 Å². The fourth-order valence-electron chi connectivity index (χ4n) is 1.11. The number of hydrogen-bond donors (Lipinski definition) is 1. The van der Waals surface area contributed by atoms with Crippen LogP contribution >= 0.6 is 11.6 Å². The highest BCUT2D eigenvalue weighted by molar-refractivity contribution is 6.31. The van der Waals surface area contributed by atoms with Crippen LogP contribution in [-0.4, -0.2) is 11.5 Å². The minimum Gasteiger partial charge on any atom is -0.268 e. The Balaban J connectivity index is 2.78. The molecule has 88 valence electrons. The standard InChI is InChI=1S/C12H16ClNO2/c1-8-9(6-5-7-10(8)13)11(15)14-16-12(2,3)4/h5-7H,1-4H3,(H,14,15). The van der Waals surface area contributed by atoms with Crippen LogP contribution in [0.25, 0.3) is 0 Å². The van der Waals surface area contributed by atoms with E-state index in [1.54, 1.807) is 25.1 Å². The van der Waals surface area contributed by atoms with Crippen molar-refractivity contribution in [2.45, 2.75) is 33.3 Å². The molecule has 0 aliphatic carbocycles. The molecular formula is C12H16ClNO2. The maximum absolute atomic E-state index is 11.8. The smallest absolute Gasteiger partial charge is 0.268 e. The summed E-state index contributed by atoms with van der Waals surface area (Å²) in [5.74, 6) is -0.282. The molecule has 0 saturated heterocycles. The number of halogens is 1. The van der Waals surface area contributed by atoms with Gasteiger partial charge in [0.15, 0.2) is 0 Å². The lowest BCUT2D eigenvalue weighted by Gasteiger charge is -2.19. The molecule has 0 aliphatic heterocycles. The zero-order chi connectivity index (χ0) is 12.3. The van der Waals surface area contributed by atoms with Crippen LogP contribution < -0.4 is 5.48 Å². The Labute approximate surface area is 101 Å². The SMILES string of the molecule is Cc1c(Cl)cccc1C(=O)NOC(C)(C)C. The van der Waals surface area contributed by atoms with E-state index in [1.807, 2.05) is 20.8 Å². The Morgan fingerprint density at radius 1 is 1.38 bits per heavy atom. The third kappa shape index (κ3) is 3.51. The summed E-state index contributed by atoms with van der Waals surface area (Å²) in [7, 11) is 0. The Kier molecular flexibility index (Phi) is 3.94. The second kappa shape index (κ2) is 4.85. The van der Waals surface area contributed by atoms with Crippen LogP contribution in [0.4, 0.5) is 0 Å². The van der Waals surface area contributed by atoms with Crippen molar-refractivity contribution in [1.29, 1.82) is 0 Å². The predicted molar refractivity (Wildman–Crippen MR) is 64.5 cm³/mol. The second-order valence-corrected chi connectivity index (χ2v) is 4.97. The summed E-state index contributed by atoms with van der Waals surface area (Å²) in [6, 6.07) is 5.20. The molecule has 0 saturated carbocycles. The molecule has 1 rings (SSSR count). The fraction of sp³-hybridized carbons (Fsp3) is 0.417. The first-order valence-electron chi connectivity index (χ1n) is 5.05. The molecule has 0 radical (unpaired) electrons. The number of hydroxylamine groups is 1. The van der Waals surface area contributed by atoms with Gasteiger partial charge in [-0.1, -0.05) is 17.7 Å². The molecule has 1 N–H and O–H groups in total. The quantitative estimate of drug-likeness (QED) is 0.808. The number of amides is 1. The van der Waals surface area contributed by atoms with Gasteiger partial charge in [-0.2, -0.15) is 0 Å². The number of carbonyl (C=O) groups is 1. The summed E-state index contributed by atoms with van der Waals surface area (Å²) < 4.78 is 0. The molecule has 0 spiro atoms. The zero-order valence-corrected chi connectivity index (χ0v) is 10.7. The number of nitrogens with one attached hydrogen (secondary N) is 1. The van der Waals surface area contributed by atoms with E-state index in [0.717, 1.165) is 5.56 Å². The van der Waals surface area contributed by atoms with Crippen molar-refractivity contribution < 1.29 is 9.63 Å². The molecule has 0 bridgehead atoms. The molecule has 1 aromatic carbocycles. The molecule has 16 heavy (non-hydrogen) atoms. The average molecular weight is 242 g/mol. The Hall–Kier alpha value is -1.06. The van der Waals surface area contributed by atoms with Gasteiger partial charge in [0.1, 0.15) is 0 Å². The van der Waals surface area contributed by atoms with Crippen molar-refractivity contribution in [2.75, 3.05) is 0 Å². The van der Waals surface area contributed by atoms with E-state index in [4.69, 9.17) is 16.4 Å². The molecule has 0 heterocycles. The number of carbonyl (C=O) groups excluding carboxylic acids is 1. The Bertz CT molecular complexity index is 396. The van der Waals surface area contributed by atoms with Crippen molar-refractivity contribution >= 4 is 17.5 Å². The molecule has 0 fully saturated rings. The van der Waals surface area contributed by atoms with Crippen LogP contribution in [0.2, 0.25) is 5.02 Å². The first kappa shape index (κ1) is 13.0. The van der Waals surface area contributed by atoms with Crippen LogP contribution in [0.3, 0.4) is 0 Å².